The first-order valence-corrected chi connectivity index (χ1v) is 17.3. The molecule has 1 aliphatic heterocycles. The van der Waals surface area contributed by atoms with Crippen LogP contribution in [0, 0.1) is 25.2 Å². The van der Waals surface area contributed by atoms with Gasteiger partial charge >= 0.3 is 5.97 Å². The second kappa shape index (κ2) is 17.3. The van der Waals surface area contributed by atoms with Crippen molar-refractivity contribution in [1.82, 2.24) is 9.88 Å². The van der Waals surface area contributed by atoms with Gasteiger partial charge in [0.2, 0.25) is 0 Å². The normalized spacial score (nSPS) is 15.6. The van der Waals surface area contributed by atoms with E-state index < -0.39 is 5.60 Å². The second-order valence-corrected chi connectivity index (χ2v) is 13.1. The number of likely N-dealkylation sites (tertiary alicyclic amines) is 1. The largest absolute Gasteiger partial charge is 0.493 e. The van der Waals surface area contributed by atoms with Crippen LogP contribution in [-0.4, -0.2) is 65.7 Å². The summed E-state index contributed by atoms with van der Waals surface area (Å²) in [4.78, 5) is 29.9. The van der Waals surface area contributed by atoms with Gasteiger partial charge in [-0.25, -0.2) is 0 Å². The minimum atomic E-state index is -1.04. The third-order valence-corrected chi connectivity index (χ3v) is 9.27. The highest BCUT2D eigenvalue weighted by atomic mass is 35.5. The zero-order valence-electron chi connectivity index (χ0n) is 29.1. The van der Waals surface area contributed by atoms with Crippen molar-refractivity contribution in [1.29, 1.82) is 5.26 Å². The van der Waals surface area contributed by atoms with Crippen LogP contribution in [0.4, 0.5) is 0 Å². The lowest BCUT2D eigenvalue weighted by Crippen LogP contribution is -2.36. The van der Waals surface area contributed by atoms with Crippen LogP contribution in [0.2, 0.25) is 5.02 Å². The number of aldehydes is 1. The molecule has 1 saturated heterocycles. The smallest absolute Gasteiger partial charge is 0.308 e. The number of carbonyl (C=O) groups excluding carboxylic acids is 2. The number of ether oxygens (including phenoxy) is 4. The number of pyridine rings is 1. The number of carbonyl (C=O) groups is 2. The fourth-order valence-corrected chi connectivity index (χ4v) is 6.47. The molecule has 1 unspecified atom stereocenters. The summed E-state index contributed by atoms with van der Waals surface area (Å²) < 4.78 is 23.3. The van der Waals surface area contributed by atoms with Crippen molar-refractivity contribution in [3.8, 4) is 34.4 Å². The fraction of sp³-hybridized carbons (Fsp3) is 0.350. The first-order valence-electron chi connectivity index (χ1n) is 16.9. The van der Waals surface area contributed by atoms with E-state index in [9.17, 15) is 14.7 Å². The second-order valence-electron chi connectivity index (χ2n) is 12.7. The summed E-state index contributed by atoms with van der Waals surface area (Å²) in [7, 11) is 0. The van der Waals surface area contributed by atoms with E-state index >= 15 is 0 Å². The zero-order chi connectivity index (χ0) is 36.4. The summed E-state index contributed by atoms with van der Waals surface area (Å²) in [5.74, 6) is 1.12. The minimum absolute atomic E-state index is 0.0183. The van der Waals surface area contributed by atoms with Crippen LogP contribution >= 0.6 is 11.6 Å². The molecule has 0 bridgehead atoms. The van der Waals surface area contributed by atoms with Gasteiger partial charge in [0.1, 0.15) is 36.5 Å². The number of hydrogen-bond donors (Lipinski definition) is 1. The van der Waals surface area contributed by atoms with E-state index in [1.54, 1.807) is 25.3 Å². The Morgan fingerprint density at radius 3 is 2.55 bits per heavy atom. The molecule has 0 aliphatic carbocycles. The van der Waals surface area contributed by atoms with Gasteiger partial charge in [0.25, 0.3) is 0 Å². The number of esters is 1. The summed E-state index contributed by atoms with van der Waals surface area (Å²) in [5.41, 5.74) is 5.48. The first-order chi connectivity index (χ1) is 24.6. The molecule has 1 atom stereocenters. The van der Waals surface area contributed by atoms with Gasteiger partial charge in [-0.05, 0) is 79.6 Å². The van der Waals surface area contributed by atoms with Crippen LogP contribution in [0.3, 0.4) is 0 Å². The van der Waals surface area contributed by atoms with Gasteiger partial charge < -0.3 is 29.0 Å². The molecule has 1 N–H and O–H groups in total. The molecule has 266 valence electrons. The number of halogens is 1. The lowest BCUT2D eigenvalue weighted by molar-refractivity contribution is -0.148. The van der Waals surface area contributed by atoms with Gasteiger partial charge in [-0.15, -0.1) is 0 Å². The van der Waals surface area contributed by atoms with E-state index in [0.29, 0.717) is 55.1 Å². The molecule has 1 fully saturated rings. The number of nitriles is 1. The number of β-amino-alcohol motifs (C(OH)–C–C–N with tert-alkyl or cyclic N) is 1. The predicted octanol–water partition coefficient (Wildman–Crippen LogP) is 7.02. The molecule has 51 heavy (non-hydrogen) atoms. The lowest BCUT2D eigenvalue weighted by atomic mass is 9.93. The number of rotatable bonds is 16. The van der Waals surface area contributed by atoms with Crippen LogP contribution < -0.4 is 14.2 Å². The van der Waals surface area contributed by atoms with Crippen LogP contribution in [0.25, 0.3) is 11.1 Å². The van der Waals surface area contributed by atoms with E-state index in [0.717, 1.165) is 53.1 Å². The monoisotopic (exact) mass is 711 g/mol. The van der Waals surface area contributed by atoms with Crippen molar-refractivity contribution in [2.45, 2.75) is 58.8 Å². The summed E-state index contributed by atoms with van der Waals surface area (Å²) in [6.45, 7) is 8.96. The lowest BCUT2D eigenvalue weighted by Gasteiger charge is -2.22. The number of nitrogens with zero attached hydrogens (tertiary/aromatic N) is 3. The van der Waals surface area contributed by atoms with Gasteiger partial charge in [0, 0.05) is 43.7 Å². The van der Waals surface area contributed by atoms with Gasteiger partial charge in [0.05, 0.1) is 41.4 Å². The molecule has 3 aromatic carbocycles. The Morgan fingerprint density at radius 2 is 1.78 bits per heavy atom. The van der Waals surface area contributed by atoms with E-state index in [1.807, 2.05) is 31.2 Å². The number of hydrogen-bond acceptors (Lipinski definition) is 10. The maximum absolute atomic E-state index is 11.9. The van der Waals surface area contributed by atoms with E-state index in [-0.39, 0.29) is 36.2 Å². The van der Waals surface area contributed by atoms with Crippen LogP contribution in [0.5, 0.6) is 17.2 Å². The Hall–Kier alpha value is -4.95. The maximum Gasteiger partial charge on any atom is 0.308 e. The Morgan fingerprint density at radius 1 is 1.02 bits per heavy atom. The molecule has 0 saturated carbocycles. The first kappa shape index (κ1) is 37.3. The molecule has 0 amide bonds. The summed E-state index contributed by atoms with van der Waals surface area (Å²) in [6, 6.07) is 18.9. The molecular formula is C40H42ClN3O7. The van der Waals surface area contributed by atoms with Crippen molar-refractivity contribution in [2.75, 3.05) is 32.8 Å². The Labute approximate surface area is 303 Å². The van der Waals surface area contributed by atoms with Gasteiger partial charge in [-0.2, -0.15) is 5.26 Å². The summed E-state index contributed by atoms with van der Waals surface area (Å²) >= 11 is 6.51. The third-order valence-electron chi connectivity index (χ3n) is 8.98. The molecule has 1 aliphatic rings. The number of aliphatic hydroxyl groups is 1. The molecule has 11 heteroatoms. The molecule has 1 aromatic heterocycles. The topological polar surface area (TPSA) is 131 Å². The Bertz CT molecular complexity index is 1910. The highest BCUT2D eigenvalue weighted by Gasteiger charge is 2.38. The van der Waals surface area contributed by atoms with Crippen LogP contribution in [-0.2, 0) is 22.7 Å². The van der Waals surface area contributed by atoms with E-state index in [1.165, 1.54) is 12.3 Å². The molecule has 4 aromatic rings. The maximum atomic E-state index is 11.9. The van der Waals surface area contributed by atoms with Crippen molar-refractivity contribution >= 4 is 23.9 Å². The highest BCUT2D eigenvalue weighted by Crippen LogP contribution is 2.36. The van der Waals surface area contributed by atoms with Gasteiger partial charge in [0.15, 0.2) is 6.29 Å². The highest BCUT2D eigenvalue weighted by molar-refractivity contribution is 6.32. The molecule has 10 nitrogen and oxygen atoms in total. The molecular weight excluding hydrogens is 670 g/mol. The predicted molar refractivity (Wildman–Crippen MR) is 193 cm³/mol. The van der Waals surface area contributed by atoms with E-state index in [4.69, 9.17) is 35.8 Å². The Balaban J connectivity index is 1.20. The molecule has 2 heterocycles. The molecule has 0 spiro atoms. The van der Waals surface area contributed by atoms with Crippen LogP contribution in [0.1, 0.15) is 64.4 Å². The van der Waals surface area contributed by atoms with E-state index in [2.05, 4.69) is 35.0 Å². The third kappa shape index (κ3) is 9.64. The SMILES string of the molecule is CCOC(=O)CC1(O)CCN(CCCOc2cccc(-c3cccc(COc4cc(OCc5cncc(C#N)c5)c(C=O)cc4Cl)c3C)c2C)C1. The van der Waals surface area contributed by atoms with Crippen molar-refractivity contribution in [3.05, 3.63) is 105 Å². The fourth-order valence-electron chi connectivity index (χ4n) is 6.24. The van der Waals surface area contributed by atoms with Crippen molar-refractivity contribution < 1.29 is 33.6 Å². The van der Waals surface area contributed by atoms with Gasteiger partial charge in [-0.1, -0.05) is 41.9 Å². The van der Waals surface area contributed by atoms with Crippen molar-refractivity contribution in [2.24, 2.45) is 0 Å². The minimum Gasteiger partial charge on any atom is -0.493 e. The summed E-state index contributed by atoms with van der Waals surface area (Å²) in [5, 5.41) is 20.2. The number of aromatic nitrogens is 1. The zero-order valence-corrected chi connectivity index (χ0v) is 29.9. The summed E-state index contributed by atoms with van der Waals surface area (Å²) in [6.07, 6.45) is 5.08. The van der Waals surface area contributed by atoms with Crippen molar-refractivity contribution in [3.63, 3.8) is 0 Å². The molecule has 0 radical (unpaired) electrons. The Kier molecular flexibility index (Phi) is 12.7. The molecule has 5 rings (SSSR count). The van der Waals surface area contributed by atoms with Crippen LogP contribution in [0.15, 0.2) is 67.0 Å². The quantitative estimate of drug-likeness (QED) is 0.0735. The standard InChI is InChI=1S/C40H42ClN3O7/c1-4-48-39(46)19-40(47)12-14-44(26-40)13-7-15-49-36-11-6-10-34(28(36)3)33-9-5-8-31(27(33)2)25-51-38-18-37(32(23-45)17-35(38)41)50-24-30-16-29(20-42)21-43-22-30/h5-6,8-11,16-18,21-23,47H,4,7,12-15,19,24-26H2,1-3H3. The van der Waals surface area contributed by atoms with Gasteiger partial charge in [-0.3, -0.25) is 14.6 Å². The average Bonchev–Trinajstić information content (AvgIpc) is 3.49. The average molecular weight is 712 g/mol. The number of benzene rings is 3.